The molecule has 1 fully saturated rings. The first-order valence-electron chi connectivity index (χ1n) is 7.51. The van der Waals surface area contributed by atoms with Gasteiger partial charge in [0, 0.05) is 38.9 Å². The molecule has 11 heteroatoms. The van der Waals surface area contributed by atoms with Crippen LogP contribution in [-0.2, 0) is 16.6 Å². The van der Waals surface area contributed by atoms with Gasteiger partial charge in [-0.1, -0.05) is 18.2 Å². The minimum atomic E-state index is -4.38. The Balaban J connectivity index is 2.00. The maximum atomic E-state index is 12.6. The molecule has 1 aliphatic heterocycles. The third-order valence-electron chi connectivity index (χ3n) is 3.77. The van der Waals surface area contributed by atoms with Crippen molar-refractivity contribution in [3.8, 4) is 0 Å². The van der Waals surface area contributed by atoms with Gasteiger partial charge in [-0.3, -0.25) is 0 Å². The van der Waals surface area contributed by atoms with Crippen molar-refractivity contribution in [3.63, 3.8) is 0 Å². The van der Waals surface area contributed by atoms with Crippen LogP contribution in [-0.4, -0.2) is 63.1 Å². The van der Waals surface area contributed by atoms with Crippen LogP contribution in [0.2, 0.25) is 0 Å². The second-order valence-electron chi connectivity index (χ2n) is 5.47. The van der Waals surface area contributed by atoms with Crippen molar-refractivity contribution in [2.45, 2.75) is 12.6 Å². The molecule has 1 heterocycles. The summed E-state index contributed by atoms with van der Waals surface area (Å²) in [5.74, 6) is 0. The van der Waals surface area contributed by atoms with Gasteiger partial charge in [-0.05, 0) is 11.6 Å². The number of hydrogen-bond acceptors (Lipinski definition) is 3. The summed E-state index contributed by atoms with van der Waals surface area (Å²) in [6, 6.07) is 5.16. The number of carbonyl (C=O) groups is 1. The zero-order chi connectivity index (χ0) is 18.7. The van der Waals surface area contributed by atoms with E-state index in [0.717, 1.165) is 0 Å². The number of carbonyl (C=O) groups excluding carboxylic acids is 1. The van der Waals surface area contributed by atoms with Crippen LogP contribution in [0.4, 0.5) is 23.7 Å². The summed E-state index contributed by atoms with van der Waals surface area (Å²) in [6.07, 6.45) is -5.52. The molecule has 25 heavy (non-hydrogen) atoms. The lowest BCUT2D eigenvalue weighted by atomic mass is 10.1. The number of anilines is 1. The Morgan fingerprint density at radius 1 is 1.16 bits per heavy atom. The molecule has 2 amide bonds. The molecule has 0 saturated carbocycles. The van der Waals surface area contributed by atoms with Crippen LogP contribution in [0.5, 0.6) is 0 Å². The second kappa shape index (κ2) is 7.58. The monoisotopic (exact) mass is 380 g/mol. The van der Waals surface area contributed by atoms with Gasteiger partial charge < -0.3 is 10.2 Å². The molecular weight excluding hydrogens is 361 g/mol. The van der Waals surface area contributed by atoms with Gasteiger partial charge in [0.1, 0.15) is 0 Å². The standard InChI is InChI=1S/C14H19F3N4O3S/c1-18-25(23,24)21-8-6-20(7-9-21)13(22)19-12-5-3-2-4-11(12)10-14(15,16)17/h2-5,18H,6-10H2,1H3,(H,19,22). The van der Waals surface area contributed by atoms with E-state index in [1.54, 1.807) is 0 Å². The lowest BCUT2D eigenvalue weighted by Crippen LogP contribution is -2.53. The molecule has 2 N–H and O–H groups in total. The van der Waals surface area contributed by atoms with Crippen LogP contribution in [0.1, 0.15) is 5.56 Å². The summed E-state index contributed by atoms with van der Waals surface area (Å²) in [6.45, 7) is 0.518. The van der Waals surface area contributed by atoms with Crippen LogP contribution in [0.3, 0.4) is 0 Å². The molecule has 0 unspecified atom stereocenters. The van der Waals surface area contributed by atoms with Crippen LogP contribution < -0.4 is 10.0 Å². The molecule has 1 aromatic carbocycles. The molecule has 140 valence electrons. The van der Waals surface area contributed by atoms with Crippen LogP contribution >= 0.6 is 0 Å². The van der Waals surface area contributed by atoms with Crippen molar-refractivity contribution in [1.82, 2.24) is 13.9 Å². The molecular formula is C14H19F3N4O3S. The van der Waals surface area contributed by atoms with Gasteiger partial charge >= 0.3 is 12.2 Å². The van der Waals surface area contributed by atoms with Gasteiger partial charge in [-0.25, -0.2) is 9.52 Å². The first-order valence-corrected chi connectivity index (χ1v) is 8.95. The number of rotatable bonds is 4. The highest BCUT2D eigenvalue weighted by atomic mass is 32.2. The third kappa shape index (κ3) is 5.31. The zero-order valence-electron chi connectivity index (χ0n) is 13.5. The van der Waals surface area contributed by atoms with Gasteiger partial charge in [0.15, 0.2) is 0 Å². The minimum Gasteiger partial charge on any atom is -0.322 e. The lowest BCUT2D eigenvalue weighted by Gasteiger charge is -2.33. The molecule has 2 rings (SSSR count). The van der Waals surface area contributed by atoms with Crippen molar-refractivity contribution >= 4 is 21.9 Å². The molecule has 0 aliphatic carbocycles. The summed E-state index contributed by atoms with van der Waals surface area (Å²) >= 11 is 0. The van der Waals surface area contributed by atoms with Gasteiger partial charge in [-0.2, -0.15) is 25.9 Å². The van der Waals surface area contributed by atoms with E-state index in [4.69, 9.17) is 0 Å². The predicted octanol–water partition coefficient (Wildman–Crippen LogP) is 1.41. The van der Waals surface area contributed by atoms with E-state index < -0.39 is 28.8 Å². The predicted molar refractivity (Wildman–Crippen MR) is 86.3 cm³/mol. The van der Waals surface area contributed by atoms with E-state index in [-0.39, 0.29) is 37.4 Å². The Morgan fingerprint density at radius 2 is 1.76 bits per heavy atom. The van der Waals surface area contributed by atoms with E-state index in [1.165, 1.54) is 40.5 Å². The normalized spacial score (nSPS) is 16.7. The van der Waals surface area contributed by atoms with Gasteiger partial charge in [0.2, 0.25) is 0 Å². The van der Waals surface area contributed by atoms with E-state index in [2.05, 4.69) is 10.0 Å². The summed E-state index contributed by atoms with van der Waals surface area (Å²) in [7, 11) is -2.26. The van der Waals surface area contributed by atoms with Crippen LogP contribution in [0.15, 0.2) is 24.3 Å². The second-order valence-corrected chi connectivity index (χ2v) is 7.35. The highest BCUT2D eigenvalue weighted by molar-refractivity contribution is 7.87. The largest absolute Gasteiger partial charge is 0.393 e. The van der Waals surface area contributed by atoms with E-state index in [0.29, 0.717) is 0 Å². The Morgan fingerprint density at radius 3 is 2.32 bits per heavy atom. The summed E-state index contributed by atoms with van der Waals surface area (Å²) in [5, 5.41) is 2.47. The number of benzene rings is 1. The number of halogens is 3. The van der Waals surface area contributed by atoms with Crippen molar-refractivity contribution in [1.29, 1.82) is 0 Å². The van der Waals surface area contributed by atoms with E-state index in [1.807, 2.05) is 0 Å². The first-order chi connectivity index (χ1) is 11.6. The number of piperazine rings is 1. The summed E-state index contributed by atoms with van der Waals surface area (Å²) in [4.78, 5) is 13.6. The van der Waals surface area contributed by atoms with Crippen molar-refractivity contribution in [3.05, 3.63) is 29.8 Å². The van der Waals surface area contributed by atoms with Gasteiger partial charge in [0.25, 0.3) is 10.2 Å². The molecule has 0 spiro atoms. The van der Waals surface area contributed by atoms with Crippen LogP contribution in [0, 0.1) is 0 Å². The minimum absolute atomic E-state index is 0.0280. The van der Waals surface area contributed by atoms with Crippen molar-refractivity contribution in [2.24, 2.45) is 0 Å². The number of amides is 2. The average molecular weight is 380 g/mol. The maximum Gasteiger partial charge on any atom is 0.393 e. The van der Waals surface area contributed by atoms with Crippen molar-refractivity contribution in [2.75, 3.05) is 38.5 Å². The molecule has 1 aliphatic rings. The summed E-state index contributed by atoms with van der Waals surface area (Å²) in [5.41, 5.74) is 0.0647. The SMILES string of the molecule is CNS(=O)(=O)N1CCN(C(=O)Nc2ccccc2CC(F)(F)F)CC1. The topological polar surface area (TPSA) is 81.8 Å². The molecule has 0 atom stereocenters. The fourth-order valence-electron chi connectivity index (χ4n) is 2.47. The lowest BCUT2D eigenvalue weighted by molar-refractivity contribution is -0.127. The van der Waals surface area contributed by atoms with Crippen molar-refractivity contribution < 1.29 is 26.4 Å². The van der Waals surface area contributed by atoms with Gasteiger partial charge in [0.05, 0.1) is 6.42 Å². The smallest absolute Gasteiger partial charge is 0.322 e. The number of para-hydroxylation sites is 1. The molecule has 0 aromatic heterocycles. The summed E-state index contributed by atoms with van der Waals surface area (Å²) < 4.78 is 64.6. The Labute approximate surface area is 144 Å². The molecule has 1 aromatic rings. The van der Waals surface area contributed by atoms with E-state index >= 15 is 0 Å². The first kappa shape index (κ1) is 19.5. The molecule has 0 bridgehead atoms. The molecule has 0 radical (unpaired) electrons. The maximum absolute atomic E-state index is 12.6. The number of hydrogen-bond donors (Lipinski definition) is 2. The number of nitrogens with zero attached hydrogens (tertiary/aromatic N) is 2. The van der Waals surface area contributed by atoms with Gasteiger partial charge in [-0.15, -0.1) is 0 Å². The fourth-order valence-corrected chi connectivity index (χ4v) is 3.37. The van der Waals surface area contributed by atoms with E-state index in [9.17, 15) is 26.4 Å². The highest BCUT2D eigenvalue weighted by Crippen LogP contribution is 2.26. The Kier molecular flexibility index (Phi) is 5.91. The molecule has 7 nitrogen and oxygen atoms in total. The fraction of sp³-hybridized carbons (Fsp3) is 0.500. The Hall–Kier alpha value is -1.85. The number of alkyl halides is 3. The van der Waals surface area contributed by atoms with Crippen LogP contribution in [0.25, 0.3) is 0 Å². The number of urea groups is 1. The zero-order valence-corrected chi connectivity index (χ0v) is 14.3. The quantitative estimate of drug-likeness (QED) is 0.829. The third-order valence-corrected chi connectivity index (χ3v) is 5.33. The number of nitrogens with one attached hydrogen (secondary N) is 2. The Bertz CT molecular complexity index is 716. The molecule has 1 saturated heterocycles. The highest BCUT2D eigenvalue weighted by Gasteiger charge is 2.30. The average Bonchev–Trinajstić information content (AvgIpc) is 2.55.